The van der Waals surface area contributed by atoms with Gasteiger partial charge < -0.3 is 15.0 Å². The van der Waals surface area contributed by atoms with Crippen molar-refractivity contribution in [3.05, 3.63) is 46.4 Å². The van der Waals surface area contributed by atoms with Gasteiger partial charge in [0.05, 0.1) is 13.3 Å². The SMILES string of the molecule is COc1ncc(Cl)c(NCc2ccc(CN(C)C)c(F)c2)n1. The number of hydrogen-bond acceptors (Lipinski definition) is 5. The van der Waals surface area contributed by atoms with Crippen molar-refractivity contribution in [2.24, 2.45) is 0 Å². The van der Waals surface area contributed by atoms with Crippen LogP contribution in [0, 0.1) is 5.82 Å². The number of ether oxygens (including phenoxy) is 1. The van der Waals surface area contributed by atoms with Crippen molar-refractivity contribution in [2.75, 3.05) is 26.5 Å². The highest BCUT2D eigenvalue weighted by Gasteiger charge is 2.08. The first-order valence-electron chi connectivity index (χ1n) is 6.72. The van der Waals surface area contributed by atoms with E-state index in [1.165, 1.54) is 19.4 Å². The van der Waals surface area contributed by atoms with Crippen molar-refractivity contribution in [2.45, 2.75) is 13.1 Å². The van der Waals surface area contributed by atoms with Crippen molar-refractivity contribution in [1.29, 1.82) is 0 Å². The van der Waals surface area contributed by atoms with Gasteiger partial charge in [-0.2, -0.15) is 4.98 Å². The van der Waals surface area contributed by atoms with Crippen molar-refractivity contribution >= 4 is 17.4 Å². The number of benzene rings is 1. The molecular weight excluding hydrogens is 307 g/mol. The first-order chi connectivity index (χ1) is 10.5. The zero-order valence-corrected chi connectivity index (χ0v) is 13.5. The number of nitrogens with one attached hydrogen (secondary N) is 1. The minimum Gasteiger partial charge on any atom is -0.467 e. The van der Waals surface area contributed by atoms with E-state index in [0.29, 0.717) is 29.5 Å². The average Bonchev–Trinajstić information content (AvgIpc) is 2.48. The molecule has 1 aromatic heterocycles. The van der Waals surface area contributed by atoms with Gasteiger partial charge in [-0.15, -0.1) is 0 Å². The summed E-state index contributed by atoms with van der Waals surface area (Å²) in [4.78, 5) is 9.92. The van der Waals surface area contributed by atoms with Crippen LogP contribution in [0.15, 0.2) is 24.4 Å². The lowest BCUT2D eigenvalue weighted by Gasteiger charge is -2.12. The molecule has 0 spiro atoms. The molecule has 0 saturated carbocycles. The van der Waals surface area contributed by atoms with Gasteiger partial charge in [-0.3, -0.25) is 0 Å². The Balaban J connectivity index is 2.07. The zero-order valence-electron chi connectivity index (χ0n) is 12.7. The molecule has 2 aromatic rings. The van der Waals surface area contributed by atoms with Gasteiger partial charge in [-0.05, 0) is 25.7 Å². The summed E-state index contributed by atoms with van der Waals surface area (Å²) < 4.78 is 19.0. The fourth-order valence-corrected chi connectivity index (χ4v) is 2.09. The maximum Gasteiger partial charge on any atom is 0.318 e. The Morgan fingerprint density at radius 3 is 2.77 bits per heavy atom. The molecule has 0 amide bonds. The Morgan fingerprint density at radius 2 is 2.14 bits per heavy atom. The molecule has 7 heteroatoms. The summed E-state index contributed by atoms with van der Waals surface area (Å²) in [6, 6.07) is 5.40. The standard InChI is InChI=1S/C15H18ClFN4O/c1-21(2)9-11-5-4-10(6-13(11)17)7-18-14-12(16)8-19-15(20-14)22-3/h4-6,8H,7,9H2,1-3H3,(H,18,19,20). The molecule has 0 aliphatic heterocycles. The van der Waals surface area contributed by atoms with Crippen LogP contribution in [0.4, 0.5) is 10.2 Å². The predicted molar refractivity (Wildman–Crippen MR) is 84.7 cm³/mol. The van der Waals surface area contributed by atoms with E-state index in [-0.39, 0.29) is 11.8 Å². The van der Waals surface area contributed by atoms with E-state index < -0.39 is 0 Å². The Kier molecular flexibility index (Phi) is 5.51. The van der Waals surface area contributed by atoms with E-state index in [1.807, 2.05) is 25.1 Å². The predicted octanol–water partition coefficient (Wildman–Crippen LogP) is 2.95. The quantitative estimate of drug-likeness (QED) is 0.885. The highest BCUT2D eigenvalue weighted by molar-refractivity contribution is 6.32. The van der Waals surface area contributed by atoms with E-state index in [9.17, 15) is 4.39 Å². The van der Waals surface area contributed by atoms with Gasteiger partial charge in [-0.1, -0.05) is 23.7 Å². The summed E-state index contributed by atoms with van der Waals surface area (Å²) in [5.74, 6) is 0.227. The van der Waals surface area contributed by atoms with Gasteiger partial charge in [0.15, 0.2) is 5.82 Å². The third kappa shape index (κ3) is 4.29. The summed E-state index contributed by atoms with van der Waals surface area (Å²) in [5, 5.41) is 3.43. The van der Waals surface area contributed by atoms with E-state index in [4.69, 9.17) is 16.3 Å². The monoisotopic (exact) mass is 324 g/mol. The summed E-state index contributed by atoms with van der Waals surface area (Å²) >= 11 is 6.01. The molecule has 0 radical (unpaired) electrons. The van der Waals surface area contributed by atoms with Crippen LogP contribution in [0.5, 0.6) is 6.01 Å². The van der Waals surface area contributed by atoms with E-state index in [0.717, 1.165) is 5.56 Å². The van der Waals surface area contributed by atoms with Crippen LogP contribution in [0.1, 0.15) is 11.1 Å². The van der Waals surface area contributed by atoms with Crippen LogP contribution in [-0.2, 0) is 13.1 Å². The summed E-state index contributed by atoms with van der Waals surface area (Å²) in [6.45, 7) is 0.966. The molecule has 22 heavy (non-hydrogen) atoms. The second kappa shape index (κ2) is 7.38. The Bertz CT molecular complexity index is 651. The fraction of sp³-hybridized carbons (Fsp3) is 0.333. The molecule has 0 unspecified atom stereocenters. The Morgan fingerprint density at radius 1 is 1.36 bits per heavy atom. The lowest BCUT2D eigenvalue weighted by Crippen LogP contribution is -2.12. The van der Waals surface area contributed by atoms with Gasteiger partial charge in [0.25, 0.3) is 0 Å². The van der Waals surface area contributed by atoms with E-state index in [2.05, 4.69) is 15.3 Å². The average molecular weight is 325 g/mol. The Hall–Kier alpha value is -1.92. The summed E-state index contributed by atoms with van der Waals surface area (Å²) in [7, 11) is 5.28. The lowest BCUT2D eigenvalue weighted by atomic mass is 10.1. The molecule has 5 nitrogen and oxygen atoms in total. The molecule has 0 fully saturated rings. The van der Waals surface area contributed by atoms with Gasteiger partial charge in [0, 0.05) is 18.7 Å². The van der Waals surface area contributed by atoms with E-state index >= 15 is 0 Å². The first-order valence-corrected chi connectivity index (χ1v) is 7.10. The zero-order chi connectivity index (χ0) is 16.1. The van der Waals surface area contributed by atoms with Crippen LogP contribution in [0.2, 0.25) is 5.02 Å². The van der Waals surface area contributed by atoms with E-state index in [1.54, 1.807) is 6.07 Å². The number of nitrogens with zero attached hydrogens (tertiary/aromatic N) is 3. The third-order valence-corrected chi connectivity index (χ3v) is 3.25. The smallest absolute Gasteiger partial charge is 0.318 e. The number of rotatable bonds is 6. The maximum absolute atomic E-state index is 14.0. The number of anilines is 1. The van der Waals surface area contributed by atoms with Crippen LogP contribution in [-0.4, -0.2) is 36.1 Å². The minimum atomic E-state index is -0.223. The molecule has 0 aliphatic carbocycles. The molecule has 1 heterocycles. The second-order valence-corrected chi connectivity index (χ2v) is 5.48. The highest BCUT2D eigenvalue weighted by atomic mass is 35.5. The Labute approximate surface area is 134 Å². The van der Waals surface area contributed by atoms with Crippen molar-refractivity contribution in [1.82, 2.24) is 14.9 Å². The largest absolute Gasteiger partial charge is 0.467 e. The van der Waals surface area contributed by atoms with Crippen LogP contribution < -0.4 is 10.1 Å². The minimum absolute atomic E-state index is 0.222. The summed E-state index contributed by atoms with van der Waals surface area (Å²) in [6.07, 6.45) is 1.45. The molecular formula is C15H18ClFN4O. The van der Waals surface area contributed by atoms with Gasteiger partial charge >= 0.3 is 6.01 Å². The molecule has 2 rings (SSSR count). The third-order valence-electron chi connectivity index (χ3n) is 2.97. The number of halogens is 2. The lowest BCUT2D eigenvalue weighted by molar-refractivity contribution is 0.380. The van der Waals surface area contributed by atoms with Crippen LogP contribution >= 0.6 is 11.6 Å². The molecule has 1 N–H and O–H groups in total. The second-order valence-electron chi connectivity index (χ2n) is 5.07. The van der Waals surface area contributed by atoms with Crippen molar-refractivity contribution < 1.29 is 9.13 Å². The number of aromatic nitrogens is 2. The maximum atomic E-state index is 14.0. The van der Waals surface area contributed by atoms with Crippen molar-refractivity contribution in [3.63, 3.8) is 0 Å². The van der Waals surface area contributed by atoms with Gasteiger partial charge in [-0.25, -0.2) is 9.37 Å². The van der Waals surface area contributed by atoms with Gasteiger partial charge in [0.2, 0.25) is 0 Å². The molecule has 118 valence electrons. The topological polar surface area (TPSA) is 50.3 Å². The normalized spacial score (nSPS) is 10.8. The summed E-state index contributed by atoms with van der Waals surface area (Å²) in [5.41, 5.74) is 1.46. The highest BCUT2D eigenvalue weighted by Crippen LogP contribution is 2.21. The number of methoxy groups -OCH3 is 1. The van der Waals surface area contributed by atoms with Crippen LogP contribution in [0.3, 0.4) is 0 Å². The molecule has 1 aromatic carbocycles. The number of hydrogen-bond donors (Lipinski definition) is 1. The molecule has 0 aliphatic rings. The fourth-order valence-electron chi connectivity index (χ4n) is 1.93. The van der Waals surface area contributed by atoms with Crippen molar-refractivity contribution in [3.8, 4) is 6.01 Å². The van der Waals surface area contributed by atoms with Gasteiger partial charge in [0.1, 0.15) is 10.8 Å². The first kappa shape index (κ1) is 16.5. The molecule has 0 bridgehead atoms. The van der Waals surface area contributed by atoms with Crippen LogP contribution in [0.25, 0.3) is 0 Å². The molecule has 0 atom stereocenters. The molecule has 0 saturated heterocycles.